The zero-order valence-corrected chi connectivity index (χ0v) is 12.2. The zero-order valence-electron chi connectivity index (χ0n) is 11.3. The Hall–Kier alpha value is -0.750. The van der Waals surface area contributed by atoms with Gasteiger partial charge in [-0.3, -0.25) is 5.10 Å². The van der Waals surface area contributed by atoms with E-state index in [0.29, 0.717) is 11.2 Å². The van der Waals surface area contributed by atoms with Crippen molar-refractivity contribution < 1.29 is 0 Å². The SMILES string of the molecule is NCC1CCCN(c2n[nH]c(C3CCCCS3)n2)C1. The van der Waals surface area contributed by atoms with Gasteiger partial charge in [0.1, 0.15) is 5.82 Å². The molecule has 0 aromatic carbocycles. The summed E-state index contributed by atoms with van der Waals surface area (Å²) in [6, 6.07) is 0. The molecule has 2 aliphatic heterocycles. The number of hydrogen-bond acceptors (Lipinski definition) is 5. The molecule has 2 unspecified atom stereocenters. The molecule has 2 saturated heterocycles. The minimum absolute atomic E-state index is 0.519. The van der Waals surface area contributed by atoms with Crippen LogP contribution in [0.15, 0.2) is 0 Å². The van der Waals surface area contributed by atoms with Crippen LogP contribution in [-0.4, -0.2) is 40.6 Å². The predicted molar refractivity (Wildman–Crippen MR) is 79.4 cm³/mol. The van der Waals surface area contributed by atoms with Crippen LogP contribution in [0.4, 0.5) is 5.95 Å². The van der Waals surface area contributed by atoms with Gasteiger partial charge in [0, 0.05) is 13.1 Å². The maximum absolute atomic E-state index is 5.79. The zero-order chi connectivity index (χ0) is 13.1. The van der Waals surface area contributed by atoms with E-state index in [1.807, 2.05) is 11.8 Å². The number of nitrogens with one attached hydrogen (secondary N) is 1. The molecule has 3 N–H and O–H groups in total. The molecule has 3 rings (SSSR count). The minimum Gasteiger partial charge on any atom is -0.339 e. The molecule has 0 amide bonds. The van der Waals surface area contributed by atoms with Crippen LogP contribution in [0.2, 0.25) is 0 Å². The van der Waals surface area contributed by atoms with Crippen LogP contribution in [0.5, 0.6) is 0 Å². The maximum Gasteiger partial charge on any atom is 0.244 e. The minimum atomic E-state index is 0.519. The molecular formula is C13H23N5S. The number of nitrogens with two attached hydrogens (primary N) is 1. The number of rotatable bonds is 3. The molecule has 0 aliphatic carbocycles. The van der Waals surface area contributed by atoms with Gasteiger partial charge >= 0.3 is 0 Å². The normalized spacial score (nSPS) is 28.6. The third kappa shape index (κ3) is 3.05. The largest absolute Gasteiger partial charge is 0.339 e. The standard InChI is InChI=1S/C13H23N5S/c14-8-10-4-3-6-18(9-10)13-15-12(16-17-13)11-5-1-2-7-19-11/h10-11H,1-9,14H2,(H,15,16,17). The molecule has 106 valence electrons. The van der Waals surface area contributed by atoms with Crippen LogP contribution in [0.3, 0.4) is 0 Å². The van der Waals surface area contributed by atoms with Crippen LogP contribution in [0, 0.1) is 5.92 Å². The second kappa shape index (κ2) is 6.13. The maximum atomic E-state index is 5.79. The fraction of sp³-hybridized carbons (Fsp3) is 0.846. The Morgan fingerprint density at radius 1 is 1.32 bits per heavy atom. The average Bonchev–Trinajstić information content (AvgIpc) is 2.98. The first-order valence-electron chi connectivity index (χ1n) is 7.35. The van der Waals surface area contributed by atoms with Gasteiger partial charge in [-0.2, -0.15) is 16.7 Å². The van der Waals surface area contributed by atoms with Crippen molar-refractivity contribution in [2.45, 2.75) is 37.4 Å². The highest BCUT2D eigenvalue weighted by Crippen LogP contribution is 2.37. The van der Waals surface area contributed by atoms with Gasteiger partial charge in [-0.05, 0) is 43.9 Å². The molecule has 3 heterocycles. The molecule has 1 aromatic rings. The van der Waals surface area contributed by atoms with Gasteiger partial charge in [-0.1, -0.05) is 6.42 Å². The van der Waals surface area contributed by atoms with Gasteiger partial charge in [-0.25, -0.2) is 0 Å². The summed E-state index contributed by atoms with van der Waals surface area (Å²) >= 11 is 2.01. The molecule has 2 atom stereocenters. The quantitative estimate of drug-likeness (QED) is 0.886. The molecule has 1 aromatic heterocycles. The van der Waals surface area contributed by atoms with Crippen LogP contribution in [-0.2, 0) is 0 Å². The predicted octanol–water partition coefficient (Wildman–Crippen LogP) is 1.94. The third-order valence-electron chi connectivity index (χ3n) is 4.11. The lowest BCUT2D eigenvalue weighted by Crippen LogP contribution is -2.39. The van der Waals surface area contributed by atoms with E-state index in [1.165, 1.54) is 37.9 Å². The summed E-state index contributed by atoms with van der Waals surface area (Å²) in [5.74, 6) is 3.79. The molecule has 0 saturated carbocycles. The highest BCUT2D eigenvalue weighted by Gasteiger charge is 2.24. The first kappa shape index (κ1) is 13.2. The third-order valence-corrected chi connectivity index (χ3v) is 5.50. The Morgan fingerprint density at radius 3 is 3.05 bits per heavy atom. The van der Waals surface area contributed by atoms with Gasteiger partial charge in [0.05, 0.1) is 5.25 Å². The number of anilines is 1. The van der Waals surface area contributed by atoms with Crippen LogP contribution in [0.1, 0.15) is 43.2 Å². The van der Waals surface area contributed by atoms with E-state index in [4.69, 9.17) is 10.7 Å². The van der Waals surface area contributed by atoms with Crippen LogP contribution in [0.25, 0.3) is 0 Å². The summed E-state index contributed by atoms with van der Waals surface area (Å²) in [6.07, 6.45) is 6.32. The molecule has 2 aliphatic rings. The molecule has 19 heavy (non-hydrogen) atoms. The van der Waals surface area contributed by atoms with Gasteiger partial charge in [-0.15, -0.1) is 5.10 Å². The molecule has 6 heteroatoms. The van der Waals surface area contributed by atoms with E-state index in [0.717, 1.165) is 31.4 Å². The summed E-state index contributed by atoms with van der Waals surface area (Å²) in [4.78, 5) is 7.01. The highest BCUT2D eigenvalue weighted by molar-refractivity contribution is 7.99. The van der Waals surface area contributed by atoms with Crippen molar-refractivity contribution in [1.82, 2.24) is 15.2 Å². The number of H-pyrrole nitrogens is 1. The summed E-state index contributed by atoms with van der Waals surface area (Å²) in [6.45, 7) is 2.84. The van der Waals surface area contributed by atoms with E-state index >= 15 is 0 Å². The molecular weight excluding hydrogens is 258 g/mol. The number of thioether (sulfide) groups is 1. The van der Waals surface area contributed by atoms with Crippen molar-refractivity contribution in [3.8, 4) is 0 Å². The van der Waals surface area contributed by atoms with Gasteiger partial charge in [0.2, 0.25) is 5.95 Å². The van der Waals surface area contributed by atoms with Gasteiger partial charge < -0.3 is 10.6 Å². The molecule has 0 spiro atoms. The summed E-state index contributed by atoms with van der Waals surface area (Å²) in [7, 11) is 0. The first-order chi connectivity index (χ1) is 9.36. The summed E-state index contributed by atoms with van der Waals surface area (Å²) in [5.41, 5.74) is 5.79. The van der Waals surface area contributed by atoms with E-state index in [9.17, 15) is 0 Å². The lowest BCUT2D eigenvalue weighted by atomic mass is 9.99. The fourth-order valence-electron chi connectivity index (χ4n) is 2.95. The Bertz CT molecular complexity index is 401. The Kier molecular flexibility index (Phi) is 4.28. The lowest BCUT2D eigenvalue weighted by molar-refractivity contribution is 0.419. The van der Waals surface area contributed by atoms with Crippen LogP contribution >= 0.6 is 11.8 Å². The van der Waals surface area contributed by atoms with E-state index < -0.39 is 0 Å². The van der Waals surface area contributed by atoms with E-state index in [2.05, 4.69) is 15.1 Å². The molecule has 5 nitrogen and oxygen atoms in total. The fourth-order valence-corrected chi connectivity index (χ4v) is 4.20. The lowest BCUT2D eigenvalue weighted by Gasteiger charge is -2.31. The van der Waals surface area contributed by atoms with Gasteiger partial charge in [0.15, 0.2) is 0 Å². The number of aromatic nitrogens is 3. The smallest absolute Gasteiger partial charge is 0.244 e. The van der Waals surface area contributed by atoms with E-state index in [1.54, 1.807) is 0 Å². The van der Waals surface area contributed by atoms with Crippen molar-refractivity contribution in [3.05, 3.63) is 5.82 Å². The molecule has 0 bridgehead atoms. The topological polar surface area (TPSA) is 70.8 Å². The number of hydrogen-bond donors (Lipinski definition) is 2. The second-order valence-corrected chi connectivity index (χ2v) is 6.88. The van der Waals surface area contributed by atoms with Crippen molar-refractivity contribution in [2.24, 2.45) is 11.7 Å². The summed E-state index contributed by atoms with van der Waals surface area (Å²) in [5, 5.41) is 8.09. The van der Waals surface area contributed by atoms with Crippen molar-refractivity contribution in [3.63, 3.8) is 0 Å². The number of piperidine rings is 1. The van der Waals surface area contributed by atoms with Crippen molar-refractivity contribution in [1.29, 1.82) is 0 Å². The number of aromatic amines is 1. The Morgan fingerprint density at radius 2 is 2.26 bits per heavy atom. The van der Waals surface area contributed by atoms with E-state index in [-0.39, 0.29) is 0 Å². The van der Waals surface area contributed by atoms with Crippen molar-refractivity contribution >= 4 is 17.7 Å². The van der Waals surface area contributed by atoms with Gasteiger partial charge in [0.25, 0.3) is 0 Å². The first-order valence-corrected chi connectivity index (χ1v) is 8.40. The van der Waals surface area contributed by atoms with Crippen LogP contribution < -0.4 is 10.6 Å². The molecule has 0 radical (unpaired) electrons. The van der Waals surface area contributed by atoms with Crippen molar-refractivity contribution in [2.75, 3.05) is 30.3 Å². The highest BCUT2D eigenvalue weighted by atomic mass is 32.2. The molecule has 2 fully saturated rings. The Labute approximate surface area is 118 Å². The summed E-state index contributed by atoms with van der Waals surface area (Å²) < 4.78 is 0. The average molecular weight is 281 g/mol. The second-order valence-electron chi connectivity index (χ2n) is 5.57. The number of nitrogens with zero attached hydrogens (tertiary/aromatic N) is 3. The monoisotopic (exact) mass is 281 g/mol. The Balaban J connectivity index is 1.66.